The van der Waals surface area contributed by atoms with Crippen LogP contribution >= 0.6 is 11.3 Å². The van der Waals surface area contributed by atoms with Crippen LogP contribution in [0.3, 0.4) is 0 Å². The highest BCUT2D eigenvalue weighted by Gasteiger charge is 2.08. The Morgan fingerprint density at radius 3 is 2.83 bits per heavy atom. The lowest BCUT2D eigenvalue weighted by Crippen LogP contribution is -2.17. The Morgan fingerprint density at radius 2 is 2.17 bits per heavy atom. The van der Waals surface area contributed by atoms with Crippen LogP contribution in [-0.4, -0.2) is 17.2 Å². The molecule has 0 aliphatic carbocycles. The molecular formula is C13H12N2O2S. The number of amides is 1. The average molecular weight is 260 g/mol. The Bertz CT molecular complexity index is 590. The van der Waals surface area contributed by atoms with Gasteiger partial charge >= 0.3 is 0 Å². The van der Waals surface area contributed by atoms with E-state index in [0.717, 1.165) is 10.4 Å². The second-order valence-electron chi connectivity index (χ2n) is 3.68. The van der Waals surface area contributed by atoms with Crippen molar-refractivity contribution in [2.45, 2.75) is 6.92 Å². The summed E-state index contributed by atoms with van der Waals surface area (Å²) >= 11 is 1.55. The number of benzene rings is 1. The molecule has 0 radical (unpaired) electrons. The highest BCUT2D eigenvalue weighted by molar-refractivity contribution is 7.11. The molecule has 0 unspecified atom stereocenters. The van der Waals surface area contributed by atoms with Crippen molar-refractivity contribution in [3.05, 3.63) is 51.7 Å². The van der Waals surface area contributed by atoms with Gasteiger partial charge in [0, 0.05) is 4.88 Å². The normalized spacial score (nSPS) is 10.7. The molecule has 2 rings (SSSR count). The van der Waals surface area contributed by atoms with Gasteiger partial charge in [-0.1, -0.05) is 12.1 Å². The Hall–Kier alpha value is -2.14. The van der Waals surface area contributed by atoms with Crippen LogP contribution in [0.1, 0.15) is 20.8 Å². The average Bonchev–Trinajstić information content (AvgIpc) is 2.75. The third-order valence-electron chi connectivity index (χ3n) is 2.40. The predicted octanol–water partition coefficient (Wildman–Crippen LogP) is 2.53. The van der Waals surface area contributed by atoms with Crippen LogP contribution in [0.2, 0.25) is 0 Å². The van der Waals surface area contributed by atoms with E-state index < -0.39 is 5.91 Å². The minimum absolute atomic E-state index is 0.0579. The van der Waals surface area contributed by atoms with Gasteiger partial charge in [-0.2, -0.15) is 5.10 Å². The number of rotatable bonds is 3. The van der Waals surface area contributed by atoms with Gasteiger partial charge in [-0.25, -0.2) is 5.43 Å². The number of phenolic OH excluding ortho intramolecular Hbond substituents is 1. The maximum atomic E-state index is 11.7. The number of nitrogens with one attached hydrogen (secondary N) is 1. The molecule has 0 aliphatic heterocycles. The highest BCUT2D eigenvalue weighted by atomic mass is 32.1. The number of hydrazone groups is 1. The lowest BCUT2D eigenvalue weighted by Gasteiger charge is -2.01. The molecule has 4 nitrogen and oxygen atoms in total. The summed E-state index contributed by atoms with van der Waals surface area (Å²) in [6.07, 6.45) is 1.60. The molecule has 0 fully saturated rings. The minimum atomic E-state index is -0.432. The van der Waals surface area contributed by atoms with Crippen molar-refractivity contribution < 1.29 is 9.90 Å². The van der Waals surface area contributed by atoms with Crippen LogP contribution in [-0.2, 0) is 0 Å². The number of phenols is 1. The summed E-state index contributed by atoms with van der Waals surface area (Å²) in [6.45, 7) is 1.97. The lowest BCUT2D eigenvalue weighted by atomic mass is 10.2. The zero-order chi connectivity index (χ0) is 13.0. The van der Waals surface area contributed by atoms with Gasteiger partial charge in [-0.3, -0.25) is 4.79 Å². The first kappa shape index (κ1) is 12.3. The van der Waals surface area contributed by atoms with Gasteiger partial charge in [0.1, 0.15) is 5.75 Å². The van der Waals surface area contributed by atoms with Gasteiger partial charge in [-0.05, 0) is 36.1 Å². The number of carbonyl (C=O) groups excluding carboxylic acids is 1. The Morgan fingerprint density at radius 1 is 1.39 bits per heavy atom. The zero-order valence-corrected chi connectivity index (χ0v) is 10.6. The van der Waals surface area contributed by atoms with E-state index >= 15 is 0 Å². The summed E-state index contributed by atoms with van der Waals surface area (Å²) in [7, 11) is 0. The number of aryl methyl sites for hydroxylation is 1. The van der Waals surface area contributed by atoms with Crippen molar-refractivity contribution in [2.75, 3.05) is 0 Å². The van der Waals surface area contributed by atoms with Crippen molar-refractivity contribution in [1.82, 2.24) is 5.43 Å². The van der Waals surface area contributed by atoms with Gasteiger partial charge in [0.25, 0.3) is 5.91 Å². The smallest absolute Gasteiger partial charge is 0.275 e. The fourth-order valence-corrected chi connectivity index (χ4v) is 2.18. The molecule has 0 spiro atoms. The zero-order valence-electron chi connectivity index (χ0n) is 9.75. The molecule has 2 N–H and O–H groups in total. The van der Waals surface area contributed by atoms with E-state index in [0.29, 0.717) is 0 Å². The molecule has 1 amide bonds. The molecule has 18 heavy (non-hydrogen) atoms. The molecule has 1 aromatic heterocycles. The summed E-state index contributed by atoms with van der Waals surface area (Å²) < 4.78 is 0. The molecule has 2 aromatic rings. The first-order valence-corrected chi connectivity index (χ1v) is 6.22. The lowest BCUT2D eigenvalue weighted by molar-refractivity contribution is 0.0952. The fourth-order valence-electron chi connectivity index (χ4n) is 1.39. The first-order chi connectivity index (χ1) is 8.68. The van der Waals surface area contributed by atoms with E-state index in [4.69, 9.17) is 0 Å². The van der Waals surface area contributed by atoms with Crippen LogP contribution in [0.25, 0.3) is 0 Å². The molecule has 5 heteroatoms. The number of hydrogen-bond donors (Lipinski definition) is 2. The molecule has 0 aliphatic rings. The molecule has 92 valence electrons. The van der Waals surface area contributed by atoms with Crippen molar-refractivity contribution >= 4 is 23.5 Å². The minimum Gasteiger partial charge on any atom is -0.507 e. The summed E-state index contributed by atoms with van der Waals surface area (Å²) in [5.41, 5.74) is 3.70. The van der Waals surface area contributed by atoms with E-state index in [9.17, 15) is 9.90 Å². The van der Waals surface area contributed by atoms with E-state index in [1.54, 1.807) is 29.7 Å². The third kappa shape index (κ3) is 2.75. The number of para-hydroxylation sites is 1. The van der Waals surface area contributed by atoms with Crippen LogP contribution in [0.4, 0.5) is 0 Å². The van der Waals surface area contributed by atoms with Crippen molar-refractivity contribution in [3.8, 4) is 5.75 Å². The summed E-state index contributed by atoms with van der Waals surface area (Å²) in [6, 6.07) is 8.32. The van der Waals surface area contributed by atoms with Crippen LogP contribution in [0, 0.1) is 6.92 Å². The number of nitrogens with zero attached hydrogens (tertiary/aromatic N) is 1. The van der Waals surface area contributed by atoms with E-state index in [-0.39, 0.29) is 11.3 Å². The van der Waals surface area contributed by atoms with Crippen molar-refractivity contribution in [1.29, 1.82) is 0 Å². The van der Waals surface area contributed by atoms with E-state index in [2.05, 4.69) is 10.5 Å². The summed E-state index contributed by atoms with van der Waals surface area (Å²) in [4.78, 5) is 12.7. The summed E-state index contributed by atoms with van der Waals surface area (Å²) in [5, 5.41) is 15.3. The Kier molecular flexibility index (Phi) is 3.74. The van der Waals surface area contributed by atoms with Gasteiger partial charge in [0.05, 0.1) is 11.8 Å². The van der Waals surface area contributed by atoms with Gasteiger partial charge < -0.3 is 5.11 Å². The highest BCUT2D eigenvalue weighted by Crippen LogP contribution is 2.15. The molecule has 0 saturated heterocycles. The molecular weight excluding hydrogens is 248 g/mol. The van der Waals surface area contributed by atoms with E-state index in [1.165, 1.54) is 12.1 Å². The number of hydrogen-bond acceptors (Lipinski definition) is 4. The second kappa shape index (κ2) is 5.46. The van der Waals surface area contributed by atoms with Gasteiger partial charge in [0.15, 0.2) is 0 Å². The van der Waals surface area contributed by atoms with Crippen LogP contribution < -0.4 is 5.43 Å². The molecule has 0 saturated carbocycles. The number of carbonyl (C=O) groups is 1. The van der Waals surface area contributed by atoms with Gasteiger partial charge in [0.2, 0.25) is 0 Å². The van der Waals surface area contributed by atoms with Gasteiger partial charge in [-0.15, -0.1) is 11.3 Å². The number of thiophene rings is 1. The quantitative estimate of drug-likeness (QED) is 0.658. The molecule has 1 heterocycles. The number of aromatic hydroxyl groups is 1. The van der Waals surface area contributed by atoms with Crippen molar-refractivity contribution in [3.63, 3.8) is 0 Å². The topological polar surface area (TPSA) is 61.7 Å². The molecule has 0 bridgehead atoms. The largest absolute Gasteiger partial charge is 0.507 e. The fraction of sp³-hybridized carbons (Fsp3) is 0.0769. The molecule has 0 atom stereocenters. The Labute approximate surface area is 109 Å². The standard InChI is InChI=1S/C13H12N2O2S/c1-9-6-7-18-12(9)8-14-15-13(17)10-4-2-3-5-11(10)16/h2-8,16H,1H3,(H,15,17)/b14-8-. The maximum absolute atomic E-state index is 11.7. The monoisotopic (exact) mass is 260 g/mol. The third-order valence-corrected chi connectivity index (χ3v) is 3.35. The second-order valence-corrected chi connectivity index (χ2v) is 4.63. The van der Waals surface area contributed by atoms with E-state index in [1.807, 2.05) is 18.4 Å². The SMILES string of the molecule is Cc1ccsc1/C=N\NC(=O)c1ccccc1O. The predicted molar refractivity (Wildman–Crippen MR) is 72.2 cm³/mol. The van der Waals surface area contributed by atoms with Crippen LogP contribution in [0.5, 0.6) is 5.75 Å². The summed E-state index contributed by atoms with van der Waals surface area (Å²) in [5.74, 6) is -0.490. The first-order valence-electron chi connectivity index (χ1n) is 5.34. The maximum Gasteiger partial charge on any atom is 0.275 e. The van der Waals surface area contributed by atoms with Crippen LogP contribution in [0.15, 0.2) is 40.8 Å². The Balaban J connectivity index is 2.03. The molecule has 1 aromatic carbocycles. The van der Waals surface area contributed by atoms with Crippen molar-refractivity contribution in [2.24, 2.45) is 5.10 Å².